The fourth-order valence-corrected chi connectivity index (χ4v) is 1.99. The van der Waals surface area contributed by atoms with Gasteiger partial charge in [-0.15, -0.1) is 0 Å². The van der Waals surface area contributed by atoms with Crippen molar-refractivity contribution < 1.29 is 9.11 Å². The summed E-state index contributed by atoms with van der Waals surface area (Å²) in [5, 5.41) is 3.91. The van der Waals surface area contributed by atoms with Crippen molar-refractivity contribution in [2.75, 3.05) is 0 Å². The molecule has 0 spiro atoms. The number of hydrogen-bond donors (Lipinski definition) is 2. The lowest BCUT2D eigenvalue weighted by Gasteiger charge is -2.21. The summed E-state index contributed by atoms with van der Waals surface area (Å²) in [7, 11) is 3.89. The summed E-state index contributed by atoms with van der Waals surface area (Å²) in [6, 6.07) is 0. The van der Waals surface area contributed by atoms with Crippen molar-refractivity contribution in [1.82, 2.24) is 9.78 Å². The minimum atomic E-state index is -3.12. The van der Waals surface area contributed by atoms with Gasteiger partial charge in [-0.2, -0.15) is 5.10 Å². The molecular weight excluding hydrogens is 188 g/mol. The first-order valence-corrected chi connectivity index (χ1v) is 5.26. The zero-order chi connectivity index (χ0) is 8.65. The number of hydrogen-bond acceptors (Lipinski definition) is 3. The van der Waals surface area contributed by atoms with Gasteiger partial charge in [-0.25, -0.2) is 0 Å². The van der Waals surface area contributed by atoms with Gasteiger partial charge < -0.3 is 0 Å². The maximum absolute atomic E-state index is 9.03. The quantitative estimate of drug-likeness (QED) is 0.722. The van der Waals surface area contributed by atoms with Crippen molar-refractivity contribution in [2.45, 2.75) is 11.8 Å². The van der Waals surface area contributed by atoms with E-state index in [-0.39, 0.29) is 0 Å². The second-order valence-corrected chi connectivity index (χ2v) is 4.92. The number of nitrogens with zero attached hydrogens (tertiary/aromatic N) is 2. The van der Waals surface area contributed by atoms with Crippen LogP contribution in [0.4, 0.5) is 0 Å². The second-order valence-electron chi connectivity index (χ2n) is 2.23. The molecule has 0 aromatic carbocycles. The Morgan fingerprint density at radius 3 is 2.36 bits per heavy atom. The van der Waals surface area contributed by atoms with Crippen LogP contribution < -0.4 is 0 Å². The molecule has 0 saturated carbocycles. The van der Waals surface area contributed by atoms with E-state index in [4.69, 9.17) is 19.8 Å². The topological polar surface area (TPSA) is 58.3 Å². The molecule has 0 aliphatic rings. The molecule has 0 aliphatic heterocycles. The van der Waals surface area contributed by atoms with Crippen molar-refractivity contribution in [3.63, 3.8) is 0 Å². The Morgan fingerprint density at radius 1 is 1.64 bits per heavy atom. The first-order valence-electron chi connectivity index (χ1n) is 2.89. The molecule has 0 saturated heterocycles. The average Bonchev–Trinajstić information content (AvgIpc) is 2.08. The molecule has 1 heterocycles. The van der Waals surface area contributed by atoms with E-state index in [1.165, 1.54) is 10.9 Å². The number of aryl methyl sites for hydroxylation is 2. The fourth-order valence-electron chi connectivity index (χ4n) is 0.833. The van der Waals surface area contributed by atoms with Gasteiger partial charge in [0.2, 0.25) is 0 Å². The molecule has 64 valence electrons. The predicted octanol–water partition coefficient (Wildman–Crippen LogP) is 1.99. The highest BCUT2D eigenvalue weighted by atomic mass is 35.7. The van der Waals surface area contributed by atoms with Crippen LogP contribution in [0.5, 0.6) is 0 Å². The predicted molar refractivity (Wildman–Crippen MR) is 44.9 cm³/mol. The van der Waals surface area contributed by atoms with E-state index in [9.17, 15) is 0 Å². The highest BCUT2D eigenvalue weighted by molar-refractivity contribution is 8.43. The van der Waals surface area contributed by atoms with Crippen LogP contribution in [0, 0.1) is 6.92 Å². The lowest BCUT2D eigenvalue weighted by atomic mass is 10.5. The van der Waals surface area contributed by atoms with Gasteiger partial charge in [-0.05, 0) is 6.92 Å². The van der Waals surface area contributed by atoms with Gasteiger partial charge >= 0.3 is 0 Å². The molecule has 1 aromatic heterocycles. The first kappa shape index (κ1) is 8.86. The van der Waals surface area contributed by atoms with Crippen molar-refractivity contribution in [2.24, 2.45) is 7.05 Å². The summed E-state index contributed by atoms with van der Waals surface area (Å²) >= 11 is 0. The van der Waals surface area contributed by atoms with Gasteiger partial charge in [-0.1, -0.05) is 9.80 Å². The molecule has 1 aromatic rings. The zero-order valence-corrected chi connectivity index (χ0v) is 7.72. The molecule has 0 bridgehead atoms. The molecule has 0 amide bonds. The molecule has 4 nitrogen and oxygen atoms in total. The van der Waals surface area contributed by atoms with Gasteiger partial charge in [0.05, 0.1) is 5.69 Å². The Balaban J connectivity index is 3.13. The number of aromatic nitrogens is 2. The molecular formula is C5H9ClN2O2S. The lowest BCUT2D eigenvalue weighted by molar-refractivity contribution is 0.506. The van der Waals surface area contributed by atoms with Crippen molar-refractivity contribution >= 4 is 20.5 Å². The highest BCUT2D eigenvalue weighted by Crippen LogP contribution is 2.53. The molecule has 11 heavy (non-hydrogen) atoms. The van der Waals surface area contributed by atoms with Gasteiger partial charge in [0.25, 0.3) is 0 Å². The molecule has 0 unspecified atom stereocenters. The minimum absolute atomic E-state index is 0.293. The van der Waals surface area contributed by atoms with Gasteiger partial charge in [0.15, 0.2) is 0 Å². The Kier molecular flexibility index (Phi) is 2.15. The first-order chi connectivity index (χ1) is 4.91. The SMILES string of the molecule is Cc1nn(C)cc1S(O)(O)Cl. The average molecular weight is 197 g/mol. The van der Waals surface area contributed by atoms with Gasteiger partial charge in [0.1, 0.15) is 4.90 Å². The number of rotatable bonds is 1. The van der Waals surface area contributed by atoms with Crippen LogP contribution in [0.3, 0.4) is 0 Å². The largest absolute Gasteiger partial charge is 0.281 e. The summed E-state index contributed by atoms with van der Waals surface area (Å²) in [6.07, 6.45) is 1.50. The van der Waals surface area contributed by atoms with Crippen LogP contribution in [0.15, 0.2) is 11.1 Å². The molecule has 0 atom stereocenters. The van der Waals surface area contributed by atoms with Crippen molar-refractivity contribution in [3.05, 3.63) is 11.9 Å². The summed E-state index contributed by atoms with van der Waals surface area (Å²) in [4.78, 5) is 0.293. The summed E-state index contributed by atoms with van der Waals surface area (Å²) < 4.78 is 19.6. The van der Waals surface area contributed by atoms with Gasteiger partial charge in [0, 0.05) is 23.9 Å². The van der Waals surface area contributed by atoms with E-state index >= 15 is 0 Å². The summed E-state index contributed by atoms with van der Waals surface area (Å²) in [6.45, 7) is 1.67. The third-order valence-electron chi connectivity index (χ3n) is 1.25. The maximum Gasteiger partial charge on any atom is 0.116 e. The smallest absolute Gasteiger partial charge is 0.116 e. The van der Waals surface area contributed by atoms with Crippen LogP contribution in [0.2, 0.25) is 0 Å². The van der Waals surface area contributed by atoms with Crippen molar-refractivity contribution in [3.8, 4) is 0 Å². The van der Waals surface area contributed by atoms with Crippen LogP contribution in [0.1, 0.15) is 5.69 Å². The standard InChI is InChI=1S/C5H9ClN2O2S/c1-4-5(11(6,9)10)3-8(2)7-4/h3,9-10H,1-2H3. The van der Waals surface area contributed by atoms with E-state index in [2.05, 4.69) is 5.10 Å². The maximum atomic E-state index is 9.03. The molecule has 0 aliphatic carbocycles. The van der Waals surface area contributed by atoms with Crippen molar-refractivity contribution in [1.29, 1.82) is 0 Å². The molecule has 0 radical (unpaired) electrons. The summed E-state index contributed by atoms with van der Waals surface area (Å²) in [5.74, 6) is 0. The molecule has 0 fully saturated rings. The monoisotopic (exact) mass is 196 g/mol. The van der Waals surface area contributed by atoms with Crippen LogP contribution in [0.25, 0.3) is 0 Å². The van der Waals surface area contributed by atoms with E-state index in [0.29, 0.717) is 10.6 Å². The van der Waals surface area contributed by atoms with E-state index in [1.54, 1.807) is 14.0 Å². The van der Waals surface area contributed by atoms with E-state index in [0.717, 1.165) is 0 Å². The third-order valence-corrected chi connectivity index (χ3v) is 2.71. The van der Waals surface area contributed by atoms with Crippen LogP contribution >= 0.6 is 20.5 Å². The normalized spacial score (nSPS) is 13.5. The Hall–Kier alpha value is -0.230. The van der Waals surface area contributed by atoms with Crippen LogP contribution in [-0.2, 0) is 7.05 Å². The zero-order valence-electron chi connectivity index (χ0n) is 6.15. The lowest BCUT2D eigenvalue weighted by Crippen LogP contribution is -1.88. The minimum Gasteiger partial charge on any atom is -0.281 e. The third kappa shape index (κ3) is 1.87. The van der Waals surface area contributed by atoms with E-state index < -0.39 is 9.80 Å². The Labute approximate surface area is 70.6 Å². The fraction of sp³-hybridized carbons (Fsp3) is 0.400. The summed E-state index contributed by atoms with van der Waals surface area (Å²) in [5.41, 5.74) is 0.544. The molecule has 1 rings (SSSR count). The highest BCUT2D eigenvalue weighted by Gasteiger charge is 2.17. The Morgan fingerprint density at radius 2 is 2.18 bits per heavy atom. The van der Waals surface area contributed by atoms with E-state index in [1.807, 2.05) is 0 Å². The second kappa shape index (κ2) is 2.67. The molecule has 6 heteroatoms. The number of halogens is 1. The molecule has 2 N–H and O–H groups in total. The van der Waals surface area contributed by atoms with Gasteiger partial charge in [-0.3, -0.25) is 13.8 Å². The van der Waals surface area contributed by atoms with Crippen LogP contribution in [-0.4, -0.2) is 18.9 Å². The Bertz CT molecular complexity index is 268.